The van der Waals surface area contributed by atoms with Crippen LogP contribution >= 0.6 is 11.8 Å². The summed E-state index contributed by atoms with van der Waals surface area (Å²) in [7, 11) is 4.62. The fraction of sp³-hybridized carbons (Fsp3) is 0.389. The van der Waals surface area contributed by atoms with Gasteiger partial charge in [-0.2, -0.15) is 0 Å². The monoisotopic (exact) mass is 394 g/mol. The first-order chi connectivity index (χ1) is 13.0. The van der Waals surface area contributed by atoms with Gasteiger partial charge in [0.15, 0.2) is 11.5 Å². The zero-order chi connectivity index (χ0) is 19.8. The number of benzene rings is 1. The molecule has 1 aliphatic rings. The van der Waals surface area contributed by atoms with Gasteiger partial charge in [-0.3, -0.25) is 19.3 Å². The number of hydrogen-bond acceptors (Lipinski definition) is 7. The molecule has 146 valence electrons. The number of amides is 3. The van der Waals surface area contributed by atoms with Crippen LogP contribution in [0.5, 0.6) is 11.5 Å². The Hall–Kier alpha value is -2.52. The van der Waals surface area contributed by atoms with Crippen molar-refractivity contribution in [1.29, 1.82) is 0 Å². The predicted molar refractivity (Wildman–Crippen MR) is 102 cm³/mol. The number of nitrogens with one attached hydrogen (secondary N) is 1. The Balaban J connectivity index is 2.04. The van der Waals surface area contributed by atoms with Crippen molar-refractivity contribution < 1.29 is 28.6 Å². The van der Waals surface area contributed by atoms with Crippen LogP contribution in [0, 0.1) is 0 Å². The summed E-state index contributed by atoms with van der Waals surface area (Å²) in [5.74, 6) is 0.196. The smallest absolute Gasteiger partial charge is 0.294 e. The second-order valence-electron chi connectivity index (χ2n) is 5.58. The zero-order valence-electron chi connectivity index (χ0n) is 15.4. The summed E-state index contributed by atoms with van der Waals surface area (Å²) in [6.07, 6.45) is 2.24. The van der Waals surface area contributed by atoms with Crippen molar-refractivity contribution >= 4 is 34.9 Å². The number of carbonyl (C=O) groups excluding carboxylic acids is 3. The number of rotatable bonds is 9. The summed E-state index contributed by atoms with van der Waals surface area (Å²) in [5.41, 5.74) is 0.683. The SMILES string of the molecule is COCCCNC(=O)CN1C(=O)S/C(=C\c2ccc(OC)c(OC)c2)C1=O. The Morgan fingerprint density at radius 1 is 1.19 bits per heavy atom. The van der Waals surface area contributed by atoms with Gasteiger partial charge in [-0.1, -0.05) is 6.07 Å². The van der Waals surface area contributed by atoms with E-state index >= 15 is 0 Å². The highest BCUT2D eigenvalue weighted by molar-refractivity contribution is 8.18. The Morgan fingerprint density at radius 2 is 1.93 bits per heavy atom. The molecule has 1 N–H and O–H groups in total. The number of imide groups is 1. The van der Waals surface area contributed by atoms with Crippen LogP contribution in [0.25, 0.3) is 6.08 Å². The maximum absolute atomic E-state index is 12.5. The first kappa shape index (κ1) is 20.8. The molecule has 0 unspecified atom stereocenters. The molecule has 1 aromatic carbocycles. The van der Waals surface area contributed by atoms with E-state index in [1.807, 2.05) is 0 Å². The van der Waals surface area contributed by atoms with E-state index in [-0.39, 0.29) is 17.4 Å². The molecule has 0 radical (unpaired) electrons. The number of nitrogens with zero attached hydrogens (tertiary/aromatic N) is 1. The van der Waals surface area contributed by atoms with Gasteiger partial charge >= 0.3 is 0 Å². The maximum atomic E-state index is 12.5. The van der Waals surface area contributed by atoms with Crippen molar-refractivity contribution in [2.45, 2.75) is 6.42 Å². The highest BCUT2D eigenvalue weighted by Crippen LogP contribution is 2.34. The van der Waals surface area contributed by atoms with Crippen molar-refractivity contribution in [2.24, 2.45) is 0 Å². The molecule has 0 atom stereocenters. The molecular formula is C18H22N2O6S. The van der Waals surface area contributed by atoms with Crippen LogP contribution in [0.15, 0.2) is 23.1 Å². The lowest BCUT2D eigenvalue weighted by atomic mass is 10.2. The second kappa shape index (κ2) is 9.98. The van der Waals surface area contributed by atoms with E-state index in [9.17, 15) is 14.4 Å². The number of hydrogen-bond donors (Lipinski definition) is 1. The lowest BCUT2D eigenvalue weighted by Gasteiger charge is -2.12. The minimum Gasteiger partial charge on any atom is -0.493 e. The van der Waals surface area contributed by atoms with Crippen LogP contribution in [0.3, 0.4) is 0 Å². The normalized spacial score (nSPS) is 15.4. The number of carbonyl (C=O) groups is 3. The fourth-order valence-corrected chi connectivity index (χ4v) is 3.21. The molecule has 3 amide bonds. The van der Waals surface area contributed by atoms with E-state index < -0.39 is 11.1 Å². The molecule has 8 nitrogen and oxygen atoms in total. The van der Waals surface area contributed by atoms with Gasteiger partial charge in [0, 0.05) is 20.3 Å². The van der Waals surface area contributed by atoms with Gasteiger partial charge in [-0.15, -0.1) is 0 Å². The highest BCUT2D eigenvalue weighted by atomic mass is 32.2. The lowest BCUT2D eigenvalue weighted by Crippen LogP contribution is -2.39. The van der Waals surface area contributed by atoms with Gasteiger partial charge in [0.2, 0.25) is 5.91 Å². The molecule has 1 saturated heterocycles. The average Bonchev–Trinajstić information content (AvgIpc) is 2.92. The summed E-state index contributed by atoms with van der Waals surface area (Å²) >= 11 is 0.800. The second-order valence-corrected chi connectivity index (χ2v) is 6.57. The van der Waals surface area contributed by atoms with E-state index in [2.05, 4.69) is 5.32 Å². The molecule has 1 aliphatic heterocycles. The molecule has 0 aliphatic carbocycles. The quantitative estimate of drug-likeness (QED) is 0.505. The van der Waals surface area contributed by atoms with E-state index in [0.717, 1.165) is 16.7 Å². The van der Waals surface area contributed by atoms with E-state index in [1.54, 1.807) is 31.4 Å². The minimum atomic E-state index is -0.494. The number of ether oxygens (including phenoxy) is 3. The van der Waals surface area contributed by atoms with Crippen molar-refractivity contribution in [3.63, 3.8) is 0 Å². The average molecular weight is 394 g/mol. The number of thioether (sulfide) groups is 1. The van der Waals surface area contributed by atoms with Crippen molar-refractivity contribution in [3.05, 3.63) is 28.7 Å². The molecule has 1 fully saturated rings. The zero-order valence-corrected chi connectivity index (χ0v) is 16.3. The molecular weight excluding hydrogens is 372 g/mol. The van der Waals surface area contributed by atoms with Crippen LogP contribution < -0.4 is 14.8 Å². The molecule has 1 heterocycles. The lowest BCUT2D eigenvalue weighted by molar-refractivity contribution is -0.129. The standard InChI is InChI=1S/C18H22N2O6S/c1-24-8-4-7-19-16(21)11-20-17(22)15(27-18(20)23)10-12-5-6-13(25-2)14(9-12)26-3/h5-6,9-10H,4,7-8,11H2,1-3H3,(H,19,21)/b15-10-. The fourth-order valence-electron chi connectivity index (χ4n) is 2.37. The van der Waals surface area contributed by atoms with Crippen LogP contribution in [0.4, 0.5) is 4.79 Å². The van der Waals surface area contributed by atoms with E-state index in [0.29, 0.717) is 36.6 Å². The first-order valence-electron chi connectivity index (χ1n) is 8.23. The summed E-state index contributed by atoms with van der Waals surface area (Å²) in [5, 5.41) is 2.18. The van der Waals surface area contributed by atoms with Gasteiger partial charge in [-0.05, 0) is 42.0 Å². The van der Waals surface area contributed by atoms with Crippen molar-refractivity contribution in [2.75, 3.05) is 41.0 Å². The van der Waals surface area contributed by atoms with E-state index in [1.165, 1.54) is 14.2 Å². The van der Waals surface area contributed by atoms with Crippen LogP contribution in [-0.4, -0.2) is 63.0 Å². The predicted octanol–water partition coefficient (Wildman–Crippen LogP) is 1.89. The number of methoxy groups -OCH3 is 3. The molecule has 0 bridgehead atoms. The van der Waals surface area contributed by atoms with E-state index in [4.69, 9.17) is 14.2 Å². The van der Waals surface area contributed by atoms with Gasteiger partial charge < -0.3 is 19.5 Å². The topological polar surface area (TPSA) is 94.2 Å². The molecule has 0 spiro atoms. The minimum absolute atomic E-state index is 0.249. The Labute approximate surface area is 161 Å². The summed E-state index contributed by atoms with van der Waals surface area (Å²) in [6.45, 7) is 0.640. The summed E-state index contributed by atoms with van der Waals surface area (Å²) in [6, 6.07) is 5.16. The van der Waals surface area contributed by atoms with Gasteiger partial charge in [0.1, 0.15) is 6.54 Å². The van der Waals surface area contributed by atoms with Gasteiger partial charge in [-0.25, -0.2) is 0 Å². The van der Waals surface area contributed by atoms with Gasteiger partial charge in [0.25, 0.3) is 11.1 Å². The summed E-state index contributed by atoms with van der Waals surface area (Å²) < 4.78 is 15.3. The summed E-state index contributed by atoms with van der Waals surface area (Å²) in [4.78, 5) is 37.7. The Kier molecular flexibility index (Phi) is 7.68. The maximum Gasteiger partial charge on any atom is 0.294 e. The third-order valence-corrected chi connectivity index (χ3v) is 4.64. The third kappa shape index (κ3) is 5.48. The van der Waals surface area contributed by atoms with Gasteiger partial charge in [0.05, 0.1) is 19.1 Å². The van der Waals surface area contributed by atoms with Crippen LogP contribution in [-0.2, 0) is 14.3 Å². The Bertz CT molecular complexity index is 749. The Morgan fingerprint density at radius 3 is 2.59 bits per heavy atom. The first-order valence-corrected chi connectivity index (χ1v) is 9.04. The molecule has 0 aromatic heterocycles. The molecule has 2 rings (SSSR count). The van der Waals surface area contributed by atoms with Crippen molar-refractivity contribution in [3.8, 4) is 11.5 Å². The highest BCUT2D eigenvalue weighted by Gasteiger charge is 2.36. The third-order valence-electron chi connectivity index (χ3n) is 3.73. The van der Waals surface area contributed by atoms with Crippen LogP contribution in [0.2, 0.25) is 0 Å². The molecule has 0 saturated carbocycles. The van der Waals surface area contributed by atoms with Crippen molar-refractivity contribution in [1.82, 2.24) is 10.2 Å². The molecule has 9 heteroatoms. The molecule has 1 aromatic rings. The van der Waals surface area contributed by atoms with Crippen LogP contribution in [0.1, 0.15) is 12.0 Å². The largest absolute Gasteiger partial charge is 0.493 e. The molecule has 27 heavy (non-hydrogen) atoms.